The predicted molar refractivity (Wildman–Crippen MR) is 455 cm³/mol. The molecule has 13 rings (SSSR count). The second-order valence-corrected chi connectivity index (χ2v) is 33.9. The van der Waals surface area contributed by atoms with Crippen molar-refractivity contribution in [2.75, 3.05) is 0 Å². The van der Waals surface area contributed by atoms with Crippen molar-refractivity contribution in [3.63, 3.8) is 0 Å². The van der Waals surface area contributed by atoms with Crippen LogP contribution >= 0.6 is 0 Å². The fraction of sp³-hybridized carbons (Fsp3) is 0.0303. The molecule has 0 amide bonds. The van der Waals surface area contributed by atoms with Crippen molar-refractivity contribution in [2.45, 2.75) is 34.5 Å². The van der Waals surface area contributed by atoms with Gasteiger partial charge >= 0.3 is 21.2 Å². The van der Waals surface area contributed by atoms with Crippen LogP contribution in [-0.4, -0.2) is 12.3 Å². The highest BCUT2D eigenvalue weighted by atomic mass is 127. The Morgan fingerprint density at radius 2 is 0.348 bits per heavy atom. The summed E-state index contributed by atoms with van der Waals surface area (Å²) in [6, 6.07) is 50.0. The Labute approximate surface area is 761 Å². The maximum absolute atomic E-state index is 16.1. The highest BCUT2D eigenvalue weighted by Crippen LogP contribution is 2.38. The highest BCUT2D eigenvalue weighted by Gasteiger charge is 2.55. The summed E-state index contributed by atoms with van der Waals surface area (Å²) >= 11 is -0.0563. The molecule has 696 valence electrons. The third-order valence-corrected chi connectivity index (χ3v) is 26.5. The van der Waals surface area contributed by atoms with E-state index in [9.17, 15) is 0 Å². The normalized spacial score (nSPS) is 11.3. The minimum Gasteiger partial charge on any atom is -0.207 e. The molecular weight excluding hydrogens is 1980 g/mol. The van der Waals surface area contributed by atoms with Gasteiger partial charge in [0.15, 0.2) is 115 Å². The van der Waals surface area contributed by atoms with Crippen molar-refractivity contribution in [1.29, 1.82) is 0 Å². The second-order valence-electron chi connectivity index (χ2n) is 28.8. The molecule has 0 heterocycles. The molecule has 0 aliphatic carbocycles. The van der Waals surface area contributed by atoms with Crippen molar-refractivity contribution in [3.8, 4) is 0 Å². The van der Waals surface area contributed by atoms with Gasteiger partial charge in [-0.2, -0.15) is 0 Å². The number of benzene rings is 13. The summed E-state index contributed by atoms with van der Waals surface area (Å²) in [7, 11) is -0.0146. The Hall–Kier alpha value is -13.5. The first-order valence-electron chi connectivity index (χ1n) is 38.4. The van der Waals surface area contributed by atoms with E-state index in [2.05, 4.69) is 213 Å². The SMILES string of the molecule is C=Cc1c(F)c(F)c([B-](c2c(F)c(F)c(C=C)c(F)c2F)(c2c(F)c(F)c(C=C)c(F)c2F)c2c(F)c(F)c(C=C)c(F)c2F)c(F)c1F.C=Cc1c(F)c(F)c([B-](c2c(F)c(F)c(C=C)c(F)c2F)(c2c(F)c(F)c(C=C)c(F)c2F)c2c(F)c(F)c(C=C)c(F)c2F)c(F)c1F.C=Cc1ccc([I+]c2ccc(C(C)C)cc2)cc1.c1ccc([S+](c2ccccc2)c2ccccc2)cc1. The molecule has 0 spiro atoms. The Bertz CT molecular complexity index is 5760. The van der Waals surface area contributed by atoms with Crippen LogP contribution in [-0.2, 0) is 10.9 Å². The molecule has 0 nitrogen and oxygen atoms in total. The van der Waals surface area contributed by atoms with Crippen LogP contribution in [0.4, 0.5) is 140 Å². The number of hydrogen-bond acceptors (Lipinski definition) is 0. The van der Waals surface area contributed by atoms with Gasteiger partial charge in [-0.05, 0) is 77.7 Å². The molecule has 0 aromatic heterocycles. The lowest BCUT2D eigenvalue weighted by molar-refractivity contribution is -0.597. The van der Waals surface area contributed by atoms with Gasteiger partial charge < -0.3 is 0 Å². The Kier molecular flexibility index (Phi) is 32.2. The molecule has 13 aromatic carbocycles. The average Bonchev–Trinajstić information content (AvgIpc) is 0.682. The Balaban J connectivity index is 0.000000203. The predicted octanol–water partition coefficient (Wildman–Crippen LogP) is 22.1. The average molecular weight is 2040 g/mol. The van der Waals surface area contributed by atoms with E-state index in [4.69, 9.17) is 0 Å². The van der Waals surface area contributed by atoms with Gasteiger partial charge in [-0.15, -0.1) is 43.7 Å². The quantitative estimate of drug-likeness (QED) is 0.0197. The minimum atomic E-state index is -6.71. The molecule has 36 heteroatoms. The van der Waals surface area contributed by atoms with Gasteiger partial charge in [-0.1, -0.05) is 207 Å². The lowest BCUT2D eigenvalue weighted by Crippen LogP contribution is -3.61. The zero-order chi connectivity index (χ0) is 100. The van der Waals surface area contributed by atoms with Crippen molar-refractivity contribution >= 4 is 122 Å². The number of rotatable bonds is 23. The van der Waals surface area contributed by atoms with Crippen LogP contribution in [0.25, 0.3) is 54.7 Å². The van der Waals surface area contributed by atoms with Crippen LogP contribution in [0.2, 0.25) is 0 Å². The number of hydrogen-bond donors (Lipinski definition) is 0. The number of halogens is 33. The summed E-state index contributed by atoms with van der Waals surface area (Å²) in [5.41, 5.74) is -36.7. The monoisotopic (exact) mass is 2030 g/mol. The fourth-order valence-corrected chi connectivity index (χ4v) is 19.6. The molecule has 0 radical (unpaired) electrons. The van der Waals surface area contributed by atoms with E-state index in [-0.39, 0.29) is 80.7 Å². The summed E-state index contributed by atoms with van der Waals surface area (Å²) in [6.07, 6.45) is -11.4. The van der Waals surface area contributed by atoms with Gasteiger partial charge in [0.1, 0.15) is 105 Å². The zero-order valence-electron chi connectivity index (χ0n) is 69.0. The van der Waals surface area contributed by atoms with Gasteiger partial charge in [0.2, 0.25) is 0 Å². The first-order valence-corrected chi connectivity index (χ1v) is 41.8. The smallest absolute Gasteiger partial charge is 0.207 e. The molecule has 13 aromatic rings. The summed E-state index contributed by atoms with van der Waals surface area (Å²) in [5.74, 6) is -94.4. The van der Waals surface area contributed by atoms with Crippen LogP contribution in [0.3, 0.4) is 0 Å². The lowest BCUT2D eigenvalue weighted by atomic mass is 9.12. The minimum absolute atomic E-state index is 0.0146. The molecule has 135 heavy (non-hydrogen) atoms. The Morgan fingerprint density at radius 3 is 0.481 bits per heavy atom. The first-order chi connectivity index (χ1) is 63.8. The highest BCUT2D eigenvalue weighted by molar-refractivity contribution is 7.97. The topological polar surface area (TPSA) is 0 Å². The van der Waals surface area contributed by atoms with E-state index in [1.165, 1.54) is 33.0 Å². The molecular formula is C99H57B2F32IS. The lowest BCUT2D eigenvalue weighted by Gasteiger charge is -2.45. The van der Waals surface area contributed by atoms with Crippen LogP contribution in [0.5, 0.6) is 0 Å². The summed E-state index contributed by atoms with van der Waals surface area (Å²) < 4.78 is 506. The first kappa shape index (κ1) is 104. The van der Waals surface area contributed by atoms with E-state index >= 15 is 140 Å². The fourth-order valence-electron chi connectivity index (χ4n) is 15.3. The third kappa shape index (κ3) is 17.8. The van der Waals surface area contributed by atoms with Crippen molar-refractivity contribution in [2.24, 2.45) is 0 Å². The molecule has 0 atom stereocenters. The molecule has 0 aliphatic heterocycles. The van der Waals surface area contributed by atoms with Gasteiger partial charge in [0.25, 0.3) is 0 Å². The standard InChI is InChI=1S/2C32H12BF16.C18H15S.C17H18I/c2*1-5-9-17(34)25(42)13(26(43)18(9)35)33(14-27(44)19(36)10(6-2)20(37)28(14)45,15-29(46)21(38)11(7-3)22(39)30(15)47)16-31(48)23(40)12(8-4)24(41)32(16)49;1-4-10-16(11-5-1)19(17-12-6-2-7-13-17)18-14-8-3-9-15-18;1-4-14-5-9-16(10-6-14)18-17-11-7-15(8-12-17)13(2)3/h2*5-8H,1-4H2;1-15H;4-13H,1H2,2-3H3/q2*-1;2*+1. The van der Waals surface area contributed by atoms with Crippen LogP contribution in [0, 0.1) is 193 Å². The molecule has 0 saturated heterocycles. The van der Waals surface area contributed by atoms with Crippen molar-refractivity contribution < 1.29 is 162 Å². The van der Waals surface area contributed by atoms with Crippen molar-refractivity contribution in [1.82, 2.24) is 0 Å². The molecule has 0 unspecified atom stereocenters. The summed E-state index contributed by atoms with van der Waals surface area (Å²) in [6.45, 7) is 30.8. The second kappa shape index (κ2) is 42.0. The molecule has 0 saturated carbocycles. The van der Waals surface area contributed by atoms with Gasteiger partial charge in [-0.3, -0.25) is 0 Å². The van der Waals surface area contributed by atoms with E-state index in [0.29, 0.717) is 5.92 Å². The Morgan fingerprint density at radius 1 is 0.200 bits per heavy atom. The molecule has 0 fully saturated rings. The van der Waals surface area contributed by atoms with Crippen LogP contribution in [0.1, 0.15) is 75.4 Å². The maximum atomic E-state index is 16.1. The summed E-state index contributed by atoms with van der Waals surface area (Å²) in [5, 5.41) is 0. The van der Waals surface area contributed by atoms with Crippen LogP contribution < -0.4 is 64.9 Å². The van der Waals surface area contributed by atoms with E-state index < -0.39 is 287 Å². The molecule has 0 aliphatic rings. The van der Waals surface area contributed by atoms with Gasteiger partial charge in [0.05, 0.1) is 55.4 Å². The van der Waals surface area contributed by atoms with E-state index in [0.717, 1.165) is 0 Å². The van der Waals surface area contributed by atoms with E-state index in [1.54, 1.807) is 0 Å². The maximum Gasteiger partial charge on any atom is 0.357 e. The summed E-state index contributed by atoms with van der Waals surface area (Å²) in [4.78, 5) is 4.08. The molecule has 0 bridgehead atoms. The molecule has 0 N–H and O–H groups in total. The third-order valence-electron chi connectivity index (χ3n) is 21.5. The van der Waals surface area contributed by atoms with E-state index in [1.807, 2.05) is 6.08 Å². The zero-order valence-corrected chi connectivity index (χ0v) is 71.9. The van der Waals surface area contributed by atoms with Gasteiger partial charge in [-0.25, -0.2) is 140 Å². The largest absolute Gasteiger partial charge is 0.357 e. The van der Waals surface area contributed by atoms with Crippen LogP contribution in [0.15, 0.2) is 213 Å². The van der Waals surface area contributed by atoms with Crippen molar-refractivity contribution in [3.05, 3.63) is 448 Å². The van der Waals surface area contributed by atoms with Gasteiger partial charge in [0, 0.05) is 0 Å².